The molecule has 2 nitrogen and oxygen atoms in total. The molecule has 0 saturated heterocycles. The van der Waals surface area contributed by atoms with Crippen molar-refractivity contribution in [2.24, 2.45) is 11.8 Å². The van der Waals surface area contributed by atoms with E-state index in [9.17, 15) is 0 Å². The van der Waals surface area contributed by atoms with Crippen LogP contribution >= 0.6 is 11.3 Å². The Hall–Kier alpha value is -0.380. The Morgan fingerprint density at radius 3 is 2.90 bits per heavy atom. The highest BCUT2D eigenvalue weighted by Gasteiger charge is 2.19. The highest BCUT2D eigenvalue weighted by Crippen LogP contribution is 2.28. The first kappa shape index (κ1) is 17.0. The van der Waals surface area contributed by atoms with Gasteiger partial charge < -0.3 is 10.1 Å². The van der Waals surface area contributed by atoms with Gasteiger partial charge in [-0.15, -0.1) is 11.3 Å². The fourth-order valence-corrected chi connectivity index (χ4v) is 4.06. The van der Waals surface area contributed by atoms with E-state index in [4.69, 9.17) is 4.74 Å². The van der Waals surface area contributed by atoms with Crippen molar-refractivity contribution in [1.29, 1.82) is 0 Å². The van der Waals surface area contributed by atoms with Crippen LogP contribution in [-0.4, -0.2) is 12.6 Å². The van der Waals surface area contributed by atoms with Crippen molar-refractivity contribution in [1.82, 2.24) is 5.32 Å². The number of rotatable bonds is 7. The van der Waals surface area contributed by atoms with Gasteiger partial charge in [0.05, 0.1) is 12.7 Å². The molecule has 0 aromatic carbocycles. The van der Waals surface area contributed by atoms with E-state index >= 15 is 0 Å². The molecule has 0 radical (unpaired) electrons. The van der Waals surface area contributed by atoms with E-state index in [1.807, 2.05) is 11.3 Å². The monoisotopic (exact) mass is 309 g/mol. The number of thiophene rings is 1. The quantitative estimate of drug-likeness (QED) is 0.773. The van der Waals surface area contributed by atoms with Crippen LogP contribution < -0.4 is 5.32 Å². The molecule has 1 aliphatic rings. The van der Waals surface area contributed by atoms with Crippen molar-refractivity contribution >= 4 is 11.3 Å². The molecule has 1 N–H and O–H groups in total. The minimum absolute atomic E-state index is 0.482. The lowest BCUT2D eigenvalue weighted by Crippen LogP contribution is -2.21. The second-order valence-corrected chi connectivity index (χ2v) is 8.36. The van der Waals surface area contributed by atoms with Crippen molar-refractivity contribution in [3.05, 3.63) is 21.4 Å². The second kappa shape index (κ2) is 8.30. The highest BCUT2D eigenvalue weighted by molar-refractivity contribution is 7.12. The Labute approximate surface area is 134 Å². The van der Waals surface area contributed by atoms with Crippen LogP contribution in [0.5, 0.6) is 0 Å². The van der Waals surface area contributed by atoms with Gasteiger partial charge in [-0.2, -0.15) is 0 Å². The molecule has 1 aromatic rings. The van der Waals surface area contributed by atoms with Crippen molar-refractivity contribution in [3.63, 3.8) is 0 Å². The molecule has 1 saturated carbocycles. The molecule has 3 heteroatoms. The van der Waals surface area contributed by atoms with E-state index in [1.165, 1.54) is 41.0 Å². The van der Waals surface area contributed by atoms with E-state index < -0.39 is 0 Å². The van der Waals surface area contributed by atoms with Gasteiger partial charge >= 0.3 is 0 Å². The van der Waals surface area contributed by atoms with Crippen LogP contribution in [0.1, 0.15) is 61.8 Å². The van der Waals surface area contributed by atoms with E-state index in [-0.39, 0.29) is 0 Å². The second-order valence-electron chi connectivity index (χ2n) is 7.02. The molecular weight excluding hydrogens is 278 g/mol. The summed E-state index contributed by atoms with van der Waals surface area (Å²) in [6, 6.07) is 2.33. The number of ether oxygens (including phenoxy) is 1. The zero-order chi connectivity index (χ0) is 15.2. The van der Waals surface area contributed by atoms with Crippen LogP contribution in [0.3, 0.4) is 0 Å². The van der Waals surface area contributed by atoms with Gasteiger partial charge in [-0.3, -0.25) is 0 Å². The molecule has 120 valence electrons. The van der Waals surface area contributed by atoms with Gasteiger partial charge in [0.1, 0.15) is 0 Å². The summed E-state index contributed by atoms with van der Waals surface area (Å²) in [6.07, 6.45) is 5.68. The predicted molar refractivity (Wildman–Crippen MR) is 91.8 cm³/mol. The maximum atomic E-state index is 6.16. The molecule has 2 atom stereocenters. The first-order chi connectivity index (χ1) is 10.0. The number of nitrogens with one attached hydrogen (secondary N) is 1. The van der Waals surface area contributed by atoms with Crippen molar-refractivity contribution in [3.8, 4) is 0 Å². The van der Waals surface area contributed by atoms with E-state index in [0.717, 1.165) is 25.6 Å². The number of hydrogen-bond donors (Lipinski definition) is 1. The summed E-state index contributed by atoms with van der Waals surface area (Å²) in [6.45, 7) is 11.9. The van der Waals surface area contributed by atoms with Gasteiger partial charge in [0, 0.05) is 16.3 Å². The Balaban J connectivity index is 1.79. The molecule has 0 spiro atoms. The molecule has 2 rings (SSSR count). The van der Waals surface area contributed by atoms with Crippen LogP contribution in [0.25, 0.3) is 0 Å². The highest BCUT2D eigenvalue weighted by atomic mass is 32.1. The Kier molecular flexibility index (Phi) is 6.72. The van der Waals surface area contributed by atoms with Crippen LogP contribution in [-0.2, 0) is 17.9 Å². The first-order valence-corrected chi connectivity index (χ1v) is 9.26. The standard InChI is InChI=1S/C18H31NOS/c1-13(2)10-19-11-18-9-16(15(4)21-18)12-20-17-7-5-6-14(3)8-17/h9,13-14,17,19H,5-8,10-12H2,1-4H3. The van der Waals surface area contributed by atoms with Gasteiger partial charge in [-0.05, 0) is 49.8 Å². The topological polar surface area (TPSA) is 21.3 Å². The molecule has 0 aliphatic heterocycles. The average molecular weight is 310 g/mol. The van der Waals surface area contributed by atoms with Gasteiger partial charge in [-0.25, -0.2) is 0 Å². The maximum Gasteiger partial charge on any atom is 0.0731 e. The van der Waals surface area contributed by atoms with E-state index in [1.54, 1.807) is 0 Å². The minimum atomic E-state index is 0.482. The largest absolute Gasteiger partial charge is 0.373 e. The molecule has 2 unspecified atom stereocenters. The van der Waals surface area contributed by atoms with Crippen molar-refractivity contribution in [2.75, 3.05) is 6.54 Å². The summed E-state index contributed by atoms with van der Waals surface area (Å²) >= 11 is 1.91. The van der Waals surface area contributed by atoms with Crippen LogP contribution in [0.4, 0.5) is 0 Å². The summed E-state index contributed by atoms with van der Waals surface area (Å²) in [5.74, 6) is 1.55. The van der Waals surface area contributed by atoms with Crippen molar-refractivity contribution < 1.29 is 4.74 Å². The van der Waals surface area contributed by atoms with Crippen LogP contribution in [0.15, 0.2) is 6.07 Å². The predicted octanol–water partition coefficient (Wildman–Crippen LogP) is 4.90. The third kappa shape index (κ3) is 5.72. The normalized spacial score (nSPS) is 22.9. The third-order valence-corrected chi connectivity index (χ3v) is 5.38. The van der Waals surface area contributed by atoms with E-state index in [2.05, 4.69) is 39.1 Å². The Morgan fingerprint density at radius 1 is 1.38 bits per heavy atom. The fraction of sp³-hybridized carbons (Fsp3) is 0.778. The molecule has 1 heterocycles. The molecule has 1 aromatic heterocycles. The fourth-order valence-electron chi connectivity index (χ4n) is 3.04. The Morgan fingerprint density at radius 2 is 2.19 bits per heavy atom. The molecule has 1 fully saturated rings. The lowest BCUT2D eigenvalue weighted by atomic mass is 9.89. The summed E-state index contributed by atoms with van der Waals surface area (Å²) in [5, 5.41) is 3.52. The number of hydrogen-bond acceptors (Lipinski definition) is 3. The third-order valence-electron chi connectivity index (χ3n) is 4.29. The van der Waals surface area contributed by atoms with Gasteiger partial charge in [0.15, 0.2) is 0 Å². The smallest absolute Gasteiger partial charge is 0.0731 e. The SMILES string of the molecule is Cc1sc(CNCC(C)C)cc1COC1CCCC(C)C1. The molecule has 1 aliphatic carbocycles. The maximum absolute atomic E-state index is 6.16. The van der Waals surface area contributed by atoms with Gasteiger partial charge in [0.25, 0.3) is 0 Å². The van der Waals surface area contributed by atoms with Gasteiger partial charge in [0.2, 0.25) is 0 Å². The summed E-state index contributed by atoms with van der Waals surface area (Å²) < 4.78 is 6.16. The average Bonchev–Trinajstić information content (AvgIpc) is 2.76. The van der Waals surface area contributed by atoms with Crippen LogP contribution in [0.2, 0.25) is 0 Å². The number of aryl methyl sites for hydroxylation is 1. The first-order valence-electron chi connectivity index (χ1n) is 8.45. The molecule has 0 bridgehead atoms. The Bertz CT molecular complexity index is 427. The minimum Gasteiger partial charge on any atom is -0.373 e. The summed E-state index contributed by atoms with van der Waals surface area (Å²) in [5.41, 5.74) is 1.39. The lowest BCUT2D eigenvalue weighted by Gasteiger charge is -2.26. The zero-order valence-corrected chi connectivity index (χ0v) is 14.9. The summed E-state index contributed by atoms with van der Waals surface area (Å²) in [7, 11) is 0. The zero-order valence-electron chi connectivity index (χ0n) is 14.1. The molecular formula is C18H31NOS. The van der Waals surface area contributed by atoms with Gasteiger partial charge in [-0.1, -0.05) is 33.6 Å². The molecule has 0 amide bonds. The van der Waals surface area contributed by atoms with Crippen LogP contribution in [0, 0.1) is 18.8 Å². The summed E-state index contributed by atoms with van der Waals surface area (Å²) in [4.78, 5) is 2.85. The lowest BCUT2D eigenvalue weighted by molar-refractivity contribution is 0.00462. The molecule has 21 heavy (non-hydrogen) atoms. The van der Waals surface area contributed by atoms with Crippen molar-refractivity contribution in [2.45, 2.75) is 72.6 Å². The van der Waals surface area contributed by atoms with E-state index in [0.29, 0.717) is 12.0 Å².